The lowest BCUT2D eigenvalue weighted by atomic mass is 10.2. The monoisotopic (exact) mass is 314 g/mol. The van der Waals surface area contributed by atoms with Crippen LogP contribution in [0.4, 0.5) is 5.69 Å². The molecule has 2 aromatic carbocycles. The van der Waals surface area contributed by atoms with Crippen molar-refractivity contribution < 1.29 is 24.2 Å². The number of carbonyl (C=O) groups is 2. The van der Waals surface area contributed by atoms with Gasteiger partial charge in [0.25, 0.3) is 5.91 Å². The van der Waals surface area contributed by atoms with E-state index in [0.717, 1.165) is 0 Å². The van der Waals surface area contributed by atoms with Gasteiger partial charge in [0, 0.05) is 17.3 Å². The number of carboxylic acids is 1. The summed E-state index contributed by atoms with van der Waals surface area (Å²) in [4.78, 5) is 22.6. The molecule has 0 radical (unpaired) electrons. The summed E-state index contributed by atoms with van der Waals surface area (Å²) < 4.78 is 10.4. The molecule has 0 fully saturated rings. The largest absolute Gasteiger partial charge is 0.546 e. The van der Waals surface area contributed by atoms with Crippen molar-refractivity contribution in [3.05, 3.63) is 54.1 Å². The summed E-state index contributed by atoms with van der Waals surface area (Å²) in [5, 5.41) is 13.1. The number of aliphatic carboxylic acids is 1. The topological polar surface area (TPSA) is 87.7 Å². The molecular formula is C17H16NO5-. The zero-order valence-electron chi connectivity index (χ0n) is 12.6. The molecule has 0 aliphatic carbocycles. The van der Waals surface area contributed by atoms with Crippen molar-refractivity contribution in [1.82, 2.24) is 0 Å². The predicted molar refractivity (Wildman–Crippen MR) is 82.5 cm³/mol. The maximum atomic E-state index is 12.2. The molecule has 2 rings (SSSR count). The van der Waals surface area contributed by atoms with Gasteiger partial charge in [-0.2, -0.15) is 0 Å². The predicted octanol–water partition coefficient (Wildman–Crippen LogP) is 1.47. The van der Waals surface area contributed by atoms with Gasteiger partial charge in [-0.05, 0) is 37.3 Å². The van der Waals surface area contributed by atoms with E-state index in [1.807, 2.05) is 6.92 Å². The Morgan fingerprint density at radius 3 is 2.43 bits per heavy atom. The van der Waals surface area contributed by atoms with Crippen LogP contribution < -0.4 is 19.9 Å². The van der Waals surface area contributed by atoms with Crippen LogP contribution >= 0.6 is 0 Å². The molecule has 0 spiro atoms. The molecule has 0 atom stereocenters. The Hall–Kier alpha value is -3.02. The number of ether oxygens (including phenoxy) is 2. The Morgan fingerprint density at radius 1 is 1.04 bits per heavy atom. The normalized spacial score (nSPS) is 9.96. The van der Waals surface area contributed by atoms with E-state index >= 15 is 0 Å². The van der Waals surface area contributed by atoms with Gasteiger partial charge in [0.2, 0.25) is 0 Å². The molecule has 1 amide bonds. The molecule has 0 bridgehead atoms. The average Bonchev–Trinajstić information content (AvgIpc) is 2.54. The lowest BCUT2D eigenvalue weighted by Gasteiger charge is -2.10. The summed E-state index contributed by atoms with van der Waals surface area (Å²) >= 11 is 0. The molecular weight excluding hydrogens is 298 g/mol. The van der Waals surface area contributed by atoms with E-state index in [2.05, 4.69) is 5.32 Å². The van der Waals surface area contributed by atoms with E-state index in [4.69, 9.17) is 9.47 Å². The first-order chi connectivity index (χ1) is 11.1. The highest BCUT2D eigenvalue weighted by Gasteiger charge is 2.08. The van der Waals surface area contributed by atoms with Gasteiger partial charge in [0.1, 0.15) is 18.1 Å². The van der Waals surface area contributed by atoms with Crippen LogP contribution in [0.3, 0.4) is 0 Å². The molecule has 1 N–H and O–H groups in total. The zero-order valence-corrected chi connectivity index (χ0v) is 12.6. The van der Waals surface area contributed by atoms with Gasteiger partial charge in [-0.25, -0.2) is 0 Å². The van der Waals surface area contributed by atoms with E-state index in [9.17, 15) is 14.7 Å². The Balaban J connectivity index is 2.06. The Morgan fingerprint density at radius 2 is 1.74 bits per heavy atom. The van der Waals surface area contributed by atoms with Crippen molar-refractivity contribution in [3.8, 4) is 11.5 Å². The molecule has 120 valence electrons. The van der Waals surface area contributed by atoms with Crippen LogP contribution in [-0.4, -0.2) is 25.1 Å². The van der Waals surface area contributed by atoms with E-state index < -0.39 is 12.6 Å². The third-order valence-electron chi connectivity index (χ3n) is 2.86. The quantitative estimate of drug-likeness (QED) is 0.836. The molecule has 0 saturated heterocycles. The number of amides is 1. The van der Waals surface area contributed by atoms with E-state index in [1.54, 1.807) is 42.5 Å². The van der Waals surface area contributed by atoms with Gasteiger partial charge >= 0.3 is 0 Å². The van der Waals surface area contributed by atoms with Crippen molar-refractivity contribution in [2.75, 3.05) is 18.5 Å². The highest BCUT2D eigenvalue weighted by molar-refractivity contribution is 6.04. The third kappa shape index (κ3) is 5.03. The summed E-state index contributed by atoms with van der Waals surface area (Å²) in [6, 6.07) is 13.3. The second-order valence-electron chi connectivity index (χ2n) is 4.60. The minimum atomic E-state index is -1.31. The van der Waals surface area contributed by atoms with Crippen LogP contribution in [0.5, 0.6) is 11.5 Å². The highest BCUT2D eigenvalue weighted by atomic mass is 16.5. The number of benzene rings is 2. The lowest BCUT2D eigenvalue weighted by molar-refractivity contribution is -0.307. The fourth-order valence-corrected chi connectivity index (χ4v) is 1.90. The second kappa shape index (κ2) is 7.84. The minimum absolute atomic E-state index is 0.302. The molecule has 0 unspecified atom stereocenters. The molecule has 2 aromatic rings. The van der Waals surface area contributed by atoms with Gasteiger partial charge in [-0.1, -0.05) is 12.1 Å². The maximum Gasteiger partial charge on any atom is 0.255 e. The van der Waals surface area contributed by atoms with Crippen molar-refractivity contribution in [2.45, 2.75) is 6.92 Å². The zero-order chi connectivity index (χ0) is 16.7. The maximum absolute atomic E-state index is 12.2. The van der Waals surface area contributed by atoms with Gasteiger partial charge in [0.15, 0.2) is 0 Å². The van der Waals surface area contributed by atoms with E-state index in [0.29, 0.717) is 29.4 Å². The first-order valence-electron chi connectivity index (χ1n) is 7.05. The summed E-state index contributed by atoms with van der Waals surface area (Å²) in [5.41, 5.74) is 0.949. The lowest BCUT2D eigenvalue weighted by Crippen LogP contribution is -2.28. The molecule has 0 aromatic heterocycles. The second-order valence-corrected chi connectivity index (χ2v) is 4.60. The van der Waals surface area contributed by atoms with Crippen LogP contribution in [-0.2, 0) is 4.79 Å². The van der Waals surface area contributed by atoms with Crippen molar-refractivity contribution in [2.24, 2.45) is 0 Å². The van der Waals surface area contributed by atoms with Gasteiger partial charge < -0.3 is 24.7 Å². The first-order valence-corrected chi connectivity index (χ1v) is 7.05. The molecule has 6 heteroatoms. The summed E-state index contributed by atoms with van der Waals surface area (Å²) in [6.45, 7) is 1.83. The van der Waals surface area contributed by atoms with Crippen molar-refractivity contribution in [1.29, 1.82) is 0 Å². The summed E-state index contributed by atoms with van der Waals surface area (Å²) in [7, 11) is 0. The van der Waals surface area contributed by atoms with Crippen molar-refractivity contribution in [3.63, 3.8) is 0 Å². The Labute approximate surface area is 133 Å². The molecule has 0 saturated carbocycles. The number of hydrogen-bond donors (Lipinski definition) is 1. The van der Waals surface area contributed by atoms with E-state index in [-0.39, 0.29) is 5.91 Å². The number of carboxylic acid groups (broad SMARTS) is 1. The van der Waals surface area contributed by atoms with Gasteiger partial charge in [0.05, 0.1) is 12.6 Å². The van der Waals surface area contributed by atoms with Crippen LogP contribution in [0.1, 0.15) is 17.3 Å². The fourth-order valence-electron chi connectivity index (χ4n) is 1.90. The third-order valence-corrected chi connectivity index (χ3v) is 2.86. The van der Waals surface area contributed by atoms with Crippen LogP contribution in [0, 0.1) is 0 Å². The SMILES string of the molecule is CCOc1cccc(C(=O)Nc2cccc(OCC(=O)[O-])c2)c1. The Kier molecular flexibility index (Phi) is 5.57. The smallest absolute Gasteiger partial charge is 0.255 e. The number of nitrogens with one attached hydrogen (secondary N) is 1. The number of rotatable bonds is 7. The number of anilines is 1. The van der Waals surface area contributed by atoms with Crippen molar-refractivity contribution >= 4 is 17.6 Å². The molecule has 23 heavy (non-hydrogen) atoms. The summed E-state index contributed by atoms with van der Waals surface area (Å²) in [5.74, 6) is -0.669. The van der Waals surface area contributed by atoms with Crippen LogP contribution in [0.15, 0.2) is 48.5 Å². The molecule has 6 nitrogen and oxygen atoms in total. The fraction of sp³-hybridized carbons (Fsp3) is 0.176. The standard InChI is InChI=1S/C17H17NO5/c1-2-22-14-7-3-5-12(9-14)17(21)18-13-6-4-8-15(10-13)23-11-16(19)20/h3-10H,2,11H2,1H3,(H,18,21)(H,19,20)/p-1. The van der Waals surface area contributed by atoms with E-state index in [1.165, 1.54) is 6.07 Å². The van der Waals surface area contributed by atoms with Crippen LogP contribution in [0.25, 0.3) is 0 Å². The average molecular weight is 314 g/mol. The first kappa shape index (κ1) is 16.4. The minimum Gasteiger partial charge on any atom is -0.546 e. The summed E-state index contributed by atoms with van der Waals surface area (Å²) in [6.07, 6.45) is 0. The number of carbonyl (C=O) groups excluding carboxylic acids is 2. The Bertz CT molecular complexity index is 699. The highest BCUT2D eigenvalue weighted by Crippen LogP contribution is 2.19. The molecule has 0 aliphatic heterocycles. The molecule has 0 heterocycles. The number of hydrogen-bond acceptors (Lipinski definition) is 5. The van der Waals surface area contributed by atoms with Gasteiger partial charge in [-0.15, -0.1) is 0 Å². The van der Waals surface area contributed by atoms with Gasteiger partial charge in [-0.3, -0.25) is 4.79 Å². The molecule has 0 aliphatic rings. The van der Waals surface area contributed by atoms with Crippen LogP contribution in [0.2, 0.25) is 0 Å².